The molecule has 25 heavy (non-hydrogen) atoms. The lowest BCUT2D eigenvalue weighted by atomic mass is 9.94. The van der Waals surface area contributed by atoms with Gasteiger partial charge in [0.05, 0.1) is 30.1 Å². The molecule has 3 aromatic rings. The van der Waals surface area contributed by atoms with E-state index in [4.69, 9.17) is 9.15 Å². The van der Waals surface area contributed by atoms with Crippen LogP contribution in [0.2, 0.25) is 0 Å². The van der Waals surface area contributed by atoms with Gasteiger partial charge in [0, 0.05) is 18.3 Å². The maximum Gasteiger partial charge on any atom is 0.263 e. The van der Waals surface area contributed by atoms with Crippen molar-refractivity contribution < 1.29 is 9.15 Å². The van der Waals surface area contributed by atoms with Crippen molar-refractivity contribution in [1.29, 1.82) is 0 Å². The first-order valence-electron chi connectivity index (χ1n) is 7.92. The van der Waals surface area contributed by atoms with Gasteiger partial charge >= 0.3 is 0 Å². The summed E-state index contributed by atoms with van der Waals surface area (Å²) in [5.41, 5.74) is 3.54. The molecule has 1 N–H and O–H groups in total. The predicted octanol–water partition coefficient (Wildman–Crippen LogP) is 2.89. The van der Waals surface area contributed by atoms with Crippen molar-refractivity contribution in [2.45, 2.75) is 32.5 Å². The standard InChI is InChI=1S/C17H18N4O3S/c1-17(2)7-11-12(9-24-17)25-14-13(11)15(22)21(3)16(19-14)20-18-8-10-5-4-6-23-10/h4-6,8H,7,9H2,1-3H3,(H,19,20)/b18-8+. The SMILES string of the molecule is Cn1c(N/N=C/c2ccco2)nc2sc3c(c2c1=O)CC(C)(C)OC3. The molecule has 0 atom stereocenters. The van der Waals surface area contributed by atoms with Crippen molar-refractivity contribution in [3.05, 3.63) is 45.0 Å². The Hall–Kier alpha value is -2.45. The number of furan rings is 1. The quantitative estimate of drug-likeness (QED) is 0.575. The van der Waals surface area contributed by atoms with Crippen LogP contribution in [0.15, 0.2) is 32.7 Å². The van der Waals surface area contributed by atoms with Crippen LogP contribution in [0.3, 0.4) is 0 Å². The molecule has 4 rings (SSSR count). The molecule has 0 bridgehead atoms. The van der Waals surface area contributed by atoms with E-state index in [0.717, 1.165) is 10.4 Å². The molecule has 1 aliphatic heterocycles. The predicted molar refractivity (Wildman–Crippen MR) is 97.4 cm³/mol. The molecule has 0 saturated carbocycles. The molecule has 0 aromatic carbocycles. The maximum absolute atomic E-state index is 12.9. The Kier molecular flexibility index (Phi) is 3.73. The van der Waals surface area contributed by atoms with E-state index in [0.29, 0.717) is 35.0 Å². The van der Waals surface area contributed by atoms with Gasteiger partial charge in [-0.3, -0.25) is 9.36 Å². The Labute approximate surface area is 147 Å². The van der Waals surface area contributed by atoms with Gasteiger partial charge in [-0.1, -0.05) is 0 Å². The van der Waals surface area contributed by atoms with Crippen molar-refractivity contribution in [2.75, 3.05) is 5.43 Å². The summed E-state index contributed by atoms with van der Waals surface area (Å²) in [6.45, 7) is 4.60. The fraction of sp³-hybridized carbons (Fsp3) is 0.353. The van der Waals surface area contributed by atoms with Crippen LogP contribution in [0.25, 0.3) is 10.2 Å². The third kappa shape index (κ3) is 2.87. The van der Waals surface area contributed by atoms with Gasteiger partial charge in [-0.25, -0.2) is 10.4 Å². The number of fused-ring (bicyclic) bond motifs is 3. The van der Waals surface area contributed by atoms with Crippen LogP contribution in [0.4, 0.5) is 5.95 Å². The first-order valence-corrected chi connectivity index (χ1v) is 8.74. The summed E-state index contributed by atoms with van der Waals surface area (Å²) >= 11 is 1.51. The molecule has 8 heteroatoms. The fourth-order valence-corrected chi connectivity index (χ4v) is 3.99. The molecule has 4 heterocycles. The van der Waals surface area contributed by atoms with Gasteiger partial charge in [0.1, 0.15) is 10.6 Å². The molecule has 0 radical (unpaired) electrons. The first kappa shape index (κ1) is 16.0. The summed E-state index contributed by atoms with van der Waals surface area (Å²) in [5, 5.41) is 4.78. The van der Waals surface area contributed by atoms with Crippen molar-refractivity contribution in [3.8, 4) is 0 Å². The van der Waals surface area contributed by atoms with Gasteiger partial charge in [0.2, 0.25) is 5.95 Å². The lowest BCUT2D eigenvalue weighted by molar-refractivity contribution is -0.0379. The molecule has 1 aliphatic rings. The summed E-state index contributed by atoms with van der Waals surface area (Å²) < 4.78 is 12.5. The third-order valence-electron chi connectivity index (χ3n) is 4.21. The molecule has 3 aromatic heterocycles. The first-order chi connectivity index (χ1) is 11.9. The van der Waals surface area contributed by atoms with E-state index < -0.39 is 0 Å². The number of hydrazone groups is 1. The smallest absolute Gasteiger partial charge is 0.263 e. The van der Waals surface area contributed by atoms with Crippen LogP contribution in [0.1, 0.15) is 30.0 Å². The highest BCUT2D eigenvalue weighted by atomic mass is 32.1. The van der Waals surface area contributed by atoms with Gasteiger partial charge in [-0.05, 0) is 31.5 Å². The van der Waals surface area contributed by atoms with Crippen LogP contribution in [-0.4, -0.2) is 21.4 Å². The monoisotopic (exact) mass is 358 g/mol. The summed E-state index contributed by atoms with van der Waals surface area (Å²) in [6, 6.07) is 3.57. The summed E-state index contributed by atoms with van der Waals surface area (Å²) in [5.74, 6) is 1.00. The molecule has 0 aliphatic carbocycles. The molecule has 0 saturated heterocycles. The minimum absolute atomic E-state index is 0.0732. The average molecular weight is 358 g/mol. The van der Waals surface area contributed by atoms with Gasteiger partial charge in [-0.2, -0.15) is 5.10 Å². The topological polar surface area (TPSA) is 81.7 Å². The summed E-state index contributed by atoms with van der Waals surface area (Å²) in [6.07, 6.45) is 3.82. The molecule has 130 valence electrons. The Balaban J connectivity index is 1.74. The van der Waals surface area contributed by atoms with Gasteiger partial charge in [0.15, 0.2) is 0 Å². The fourth-order valence-electron chi connectivity index (χ4n) is 2.89. The average Bonchev–Trinajstić information content (AvgIpc) is 3.18. The van der Waals surface area contributed by atoms with Crippen LogP contribution in [0, 0.1) is 0 Å². The van der Waals surface area contributed by atoms with E-state index in [1.54, 1.807) is 25.4 Å². The number of nitrogens with zero attached hydrogens (tertiary/aromatic N) is 3. The number of nitrogens with one attached hydrogen (secondary N) is 1. The summed E-state index contributed by atoms with van der Waals surface area (Å²) in [7, 11) is 1.69. The maximum atomic E-state index is 12.9. The number of hydrogen-bond acceptors (Lipinski definition) is 7. The van der Waals surface area contributed by atoms with Crippen molar-refractivity contribution in [1.82, 2.24) is 9.55 Å². The van der Waals surface area contributed by atoms with Crippen LogP contribution < -0.4 is 11.0 Å². The second-order valence-electron chi connectivity index (χ2n) is 6.59. The number of rotatable bonds is 3. The Morgan fingerprint density at radius 3 is 3.08 bits per heavy atom. The molecule has 0 amide bonds. The minimum atomic E-state index is -0.268. The molecule has 7 nitrogen and oxygen atoms in total. The zero-order chi connectivity index (χ0) is 17.6. The van der Waals surface area contributed by atoms with Crippen molar-refractivity contribution >= 4 is 33.7 Å². The van der Waals surface area contributed by atoms with Crippen molar-refractivity contribution in [2.24, 2.45) is 12.1 Å². The third-order valence-corrected chi connectivity index (χ3v) is 5.31. The molecule has 0 fully saturated rings. The summed E-state index contributed by atoms with van der Waals surface area (Å²) in [4.78, 5) is 19.2. The van der Waals surface area contributed by atoms with Gasteiger partial charge in [-0.15, -0.1) is 11.3 Å². The lowest BCUT2D eigenvalue weighted by Gasteiger charge is -2.29. The van der Waals surface area contributed by atoms with Crippen molar-refractivity contribution in [3.63, 3.8) is 0 Å². The number of ether oxygens (including phenoxy) is 1. The number of hydrogen-bond donors (Lipinski definition) is 1. The molecular weight excluding hydrogens is 340 g/mol. The van der Waals surface area contributed by atoms with Crippen LogP contribution >= 0.6 is 11.3 Å². The second kappa shape index (κ2) is 5.82. The van der Waals surface area contributed by atoms with Gasteiger partial charge < -0.3 is 9.15 Å². The normalized spacial score (nSPS) is 16.4. The van der Waals surface area contributed by atoms with E-state index in [9.17, 15) is 4.79 Å². The Morgan fingerprint density at radius 1 is 1.48 bits per heavy atom. The Morgan fingerprint density at radius 2 is 2.32 bits per heavy atom. The highest BCUT2D eigenvalue weighted by molar-refractivity contribution is 7.18. The van der Waals surface area contributed by atoms with Crippen LogP contribution in [-0.2, 0) is 24.8 Å². The Bertz CT molecular complexity index is 1010. The largest absolute Gasteiger partial charge is 0.463 e. The number of thiophene rings is 1. The van der Waals surface area contributed by atoms with E-state index in [-0.39, 0.29) is 11.2 Å². The number of aromatic nitrogens is 2. The zero-order valence-corrected chi connectivity index (χ0v) is 15.0. The molecule has 0 unspecified atom stereocenters. The number of anilines is 1. The van der Waals surface area contributed by atoms with Crippen LogP contribution in [0.5, 0.6) is 0 Å². The van der Waals surface area contributed by atoms with E-state index in [1.807, 2.05) is 13.8 Å². The second-order valence-corrected chi connectivity index (χ2v) is 7.68. The molecule has 0 spiro atoms. The van der Waals surface area contributed by atoms with E-state index in [2.05, 4.69) is 15.5 Å². The minimum Gasteiger partial charge on any atom is -0.463 e. The van der Waals surface area contributed by atoms with E-state index in [1.165, 1.54) is 22.1 Å². The lowest BCUT2D eigenvalue weighted by Crippen LogP contribution is -2.32. The van der Waals surface area contributed by atoms with Gasteiger partial charge in [0.25, 0.3) is 5.56 Å². The highest BCUT2D eigenvalue weighted by Crippen LogP contribution is 2.37. The highest BCUT2D eigenvalue weighted by Gasteiger charge is 2.31. The zero-order valence-electron chi connectivity index (χ0n) is 14.2. The molecular formula is C17H18N4O3S. The van der Waals surface area contributed by atoms with E-state index >= 15 is 0 Å².